The number of nitrogens with zero attached hydrogens (tertiary/aromatic N) is 3. The lowest BCUT2D eigenvalue weighted by molar-refractivity contribution is -0.906. The second-order valence-corrected chi connectivity index (χ2v) is 7.93. The highest BCUT2D eigenvalue weighted by atomic mass is 16.5. The maximum Gasteiger partial charge on any atom is 0.272 e. The fourth-order valence-corrected chi connectivity index (χ4v) is 4.01. The smallest absolute Gasteiger partial charge is 0.272 e. The molecular formula is C25H26N5O2+. The molecule has 1 amide bonds. The molecule has 7 nitrogen and oxygen atoms in total. The highest BCUT2D eigenvalue weighted by Gasteiger charge is 2.18. The third-order valence-electron chi connectivity index (χ3n) is 5.76. The van der Waals surface area contributed by atoms with E-state index in [4.69, 9.17) is 9.72 Å². The number of morpholine rings is 1. The summed E-state index contributed by atoms with van der Waals surface area (Å²) in [4.78, 5) is 19.1. The summed E-state index contributed by atoms with van der Waals surface area (Å²) in [5.74, 6) is -0.177. The van der Waals surface area contributed by atoms with Gasteiger partial charge in [-0.25, -0.2) is 9.50 Å². The summed E-state index contributed by atoms with van der Waals surface area (Å²) in [5.41, 5.74) is 4.80. The van der Waals surface area contributed by atoms with Crippen LogP contribution in [0.3, 0.4) is 0 Å². The SMILES string of the molecule is O=C(NCC[NH+]1CCOCC1)c1cc2nc(-c3ccccc3)cc(-c3ccccc3)n2n1. The van der Waals surface area contributed by atoms with Gasteiger partial charge in [-0.3, -0.25) is 4.79 Å². The summed E-state index contributed by atoms with van der Waals surface area (Å²) in [6, 6.07) is 23.9. The highest BCUT2D eigenvalue weighted by molar-refractivity contribution is 5.93. The number of ether oxygens (including phenoxy) is 1. The van der Waals surface area contributed by atoms with Crippen molar-refractivity contribution in [1.29, 1.82) is 0 Å². The first kappa shape index (κ1) is 20.4. The molecular weight excluding hydrogens is 402 g/mol. The van der Waals surface area contributed by atoms with Crippen LogP contribution in [0.1, 0.15) is 10.5 Å². The van der Waals surface area contributed by atoms with Gasteiger partial charge in [-0.05, 0) is 6.07 Å². The van der Waals surface area contributed by atoms with Gasteiger partial charge < -0.3 is 15.0 Å². The summed E-state index contributed by atoms with van der Waals surface area (Å²) in [6.07, 6.45) is 0. The molecule has 32 heavy (non-hydrogen) atoms. The van der Waals surface area contributed by atoms with E-state index in [9.17, 15) is 4.79 Å². The van der Waals surface area contributed by atoms with E-state index >= 15 is 0 Å². The Morgan fingerprint density at radius 2 is 1.66 bits per heavy atom. The van der Waals surface area contributed by atoms with E-state index in [0.717, 1.165) is 55.4 Å². The number of aromatic nitrogens is 3. The minimum atomic E-state index is -0.177. The van der Waals surface area contributed by atoms with E-state index in [1.165, 1.54) is 4.90 Å². The van der Waals surface area contributed by atoms with Crippen LogP contribution in [0.15, 0.2) is 72.8 Å². The number of rotatable bonds is 6. The van der Waals surface area contributed by atoms with E-state index in [-0.39, 0.29) is 5.91 Å². The Balaban J connectivity index is 1.44. The quantitative estimate of drug-likeness (QED) is 0.491. The van der Waals surface area contributed by atoms with Crippen molar-refractivity contribution >= 4 is 11.6 Å². The van der Waals surface area contributed by atoms with Gasteiger partial charge in [0.05, 0.1) is 37.7 Å². The van der Waals surface area contributed by atoms with Crippen molar-refractivity contribution in [3.05, 3.63) is 78.5 Å². The van der Waals surface area contributed by atoms with Crippen molar-refractivity contribution in [1.82, 2.24) is 19.9 Å². The molecule has 0 unspecified atom stereocenters. The molecule has 0 bridgehead atoms. The molecule has 4 aromatic rings. The average Bonchev–Trinajstić information content (AvgIpc) is 3.30. The Bertz CT molecular complexity index is 1200. The number of hydrogen-bond acceptors (Lipinski definition) is 4. The second kappa shape index (κ2) is 9.30. The zero-order chi connectivity index (χ0) is 21.8. The number of fused-ring (bicyclic) bond motifs is 1. The first-order chi connectivity index (χ1) is 15.8. The molecule has 2 N–H and O–H groups in total. The van der Waals surface area contributed by atoms with Crippen molar-refractivity contribution in [2.45, 2.75) is 0 Å². The molecule has 5 rings (SSSR count). The average molecular weight is 429 g/mol. The molecule has 2 aromatic carbocycles. The van der Waals surface area contributed by atoms with Gasteiger partial charge in [0, 0.05) is 17.2 Å². The lowest BCUT2D eigenvalue weighted by atomic mass is 10.1. The maximum absolute atomic E-state index is 12.8. The van der Waals surface area contributed by atoms with Gasteiger partial charge in [0.2, 0.25) is 0 Å². The third-order valence-corrected chi connectivity index (χ3v) is 5.76. The summed E-state index contributed by atoms with van der Waals surface area (Å²) in [5, 5.41) is 7.61. The van der Waals surface area contributed by atoms with Crippen LogP contribution in [-0.4, -0.2) is 59.9 Å². The van der Waals surface area contributed by atoms with E-state index in [1.807, 2.05) is 66.7 Å². The Kier molecular flexibility index (Phi) is 5.91. The van der Waals surface area contributed by atoms with Crippen LogP contribution in [-0.2, 0) is 4.74 Å². The van der Waals surface area contributed by atoms with E-state index < -0.39 is 0 Å². The molecule has 1 fully saturated rings. The third kappa shape index (κ3) is 4.39. The summed E-state index contributed by atoms with van der Waals surface area (Å²) < 4.78 is 7.15. The number of carbonyl (C=O) groups is 1. The zero-order valence-corrected chi connectivity index (χ0v) is 17.8. The number of hydrogen-bond donors (Lipinski definition) is 2. The lowest BCUT2D eigenvalue weighted by Gasteiger charge is -2.23. The van der Waals surface area contributed by atoms with Gasteiger partial charge in [0.1, 0.15) is 13.1 Å². The van der Waals surface area contributed by atoms with E-state index in [0.29, 0.717) is 17.9 Å². The highest BCUT2D eigenvalue weighted by Crippen LogP contribution is 2.26. The van der Waals surface area contributed by atoms with Crippen LogP contribution < -0.4 is 10.2 Å². The van der Waals surface area contributed by atoms with Gasteiger partial charge in [0.25, 0.3) is 5.91 Å². The number of amides is 1. The van der Waals surface area contributed by atoms with Crippen LogP contribution >= 0.6 is 0 Å². The zero-order valence-electron chi connectivity index (χ0n) is 17.8. The summed E-state index contributed by atoms with van der Waals surface area (Å²) >= 11 is 0. The molecule has 1 aliphatic rings. The Hall–Kier alpha value is -3.55. The van der Waals surface area contributed by atoms with Gasteiger partial charge in [-0.15, -0.1) is 0 Å². The summed E-state index contributed by atoms with van der Waals surface area (Å²) in [7, 11) is 0. The largest absolute Gasteiger partial charge is 0.370 e. The molecule has 0 spiro atoms. The fraction of sp³-hybridized carbons (Fsp3) is 0.240. The summed E-state index contributed by atoms with van der Waals surface area (Å²) in [6.45, 7) is 5.03. The Morgan fingerprint density at radius 3 is 2.38 bits per heavy atom. The molecule has 3 heterocycles. The normalized spacial score (nSPS) is 14.5. The molecule has 1 saturated heterocycles. The number of nitrogens with one attached hydrogen (secondary N) is 2. The van der Waals surface area contributed by atoms with Gasteiger partial charge in [-0.1, -0.05) is 60.7 Å². The van der Waals surface area contributed by atoms with Crippen LogP contribution in [0.25, 0.3) is 28.2 Å². The Labute approximate surface area is 186 Å². The maximum atomic E-state index is 12.8. The van der Waals surface area contributed by atoms with Crippen molar-refractivity contribution in [3.8, 4) is 22.5 Å². The standard InChI is InChI=1S/C25H25N5O2/c31-25(26-11-12-29-13-15-32-16-14-29)22-18-24-27-21(19-7-3-1-4-8-19)17-23(30(24)28-22)20-9-5-2-6-10-20/h1-10,17-18H,11-16H2,(H,26,31)/p+1. The molecule has 0 radical (unpaired) electrons. The minimum absolute atomic E-state index is 0.177. The van der Waals surface area contributed by atoms with Gasteiger partial charge in [-0.2, -0.15) is 5.10 Å². The first-order valence-corrected chi connectivity index (χ1v) is 11.0. The molecule has 162 valence electrons. The molecule has 7 heteroatoms. The lowest BCUT2D eigenvalue weighted by Crippen LogP contribution is -3.14. The second-order valence-electron chi connectivity index (χ2n) is 7.93. The van der Waals surface area contributed by atoms with Crippen LogP contribution in [0.4, 0.5) is 0 Å². The molecule has 2 aromatic heterocycles. The van der Waals surface area contributed by atoms with Crippen molar-refractivity contribution in [2.75, 3.05) is 39.4 Å². The molecule has 0 saturated carbocycles. The van der Waals surface area contributed by atoms with Crippen molar-refractivity contribution in [3.63, 3.8) is 0 Å². The topological polar surface area (TPSA) is 73.0 Å². The van der Waals surface area contributed by atoms with Crippen molar-refractivity contribution < 1.29 is 14.4 Å². The predicted molar refractivity (Wildman–Crippen MR) is 123 cm³/mol. The predicted octanol–water partition coefficient (Wildman–Crippen LogP) is 1.71. The first-order valence-electron chi connectivity index (χ1n) is 11.0. The van der Waals surface area contributed by atoms with Gasteiger partial charge >= 0.3 is 0 Å². The number of quaternary nitrogens is 1. The van der Waals surface area contributed by atoms with Gasteiger partial charge in [0.15, 0.2) is 11.3 Å². The van der Waals surface area contributed by atoms with E-state index in [2.05, 4.69) is 10.4 Å². The molecule has 1 aliphatic heterocycles. The van der Waals surface area contributed by atoms with Crippen LogP contribution in [0, 0.1) is 0 Å². The number of carbonyl (C=O) groups excluding carboxylic acids is 1. The van der Waals surface area contributed by atoms with Crippen molar-refractivity contribution in [2.24, 2.45) is 0 Å². The minimum Gasteiger partial charge on any atom is -0.370 e. The Morgan fingerprint density at radius 1 is 0.969 bits per heavy atom. The molecule has 0 atom stereocenters. The van der Waals surface area contributed by atoms with Crippen LogP contribution in [0.5, 0.6) is 0 Å². The monoisotopic (exact) mass is 428 g/mol. The fourth-order valence-electron chi connectivity index (χ4n) is 4.01. The number of benzene rings is 2. The van der Waals surface area contributed by atoms with E-state index in [1.54, 1.807) is 10.6 Å². The van der Waals surface area contributed by atoms with Crippen LogP contribution in [0.2, 0.25) is 0 Å². The molecule has 0 aliphatic carbocycles.